The SMILES string of the molecule is CN(C)/C=C/c1ccnn2c(-c3ccccc3)nnc12.COC(=O)CC(CNCl)c1ccccc1.COC(=O)c1ccnn2c(-c3ccccc3)nnc12.Cc1cc(Cl)nn2c(-c3ccccc3)nnc12.Cc1ccnn2c(-c3ccccc3)nnc12.O=C1CC(c2ccccc2)CN1Cc1ccnn2c(-c3ccccc3)nnc12.O=Cc1ccnn2c(-c3ccccc3)nnc12. The van der Waals surface area contributed by atoms with E-state index < -0.39 is 5.97 Å². The van der Waals surface area contributed by atoms with Gasteiger partial charge in [-0.15, -0.1) is 61.2 Å². The molecular formula is C97H85Cl2N27O6. The smallest absolute Gasteiger partial charge is 0.341 e. The van der Waals surface area contributed by atoms with E-state index >= 15 is 0 Å². The van der Waals surface area contributed by atoms with Crippen molar-refractivity contribution in [2.45, 2.75) is 45.1 Å². The summed E-state index contributed by atoms with van der Waals surface area (Å²) in [6, 6.07) is 89.4. The number of aromatic nitrogens is 24. The van der Waals surface area contributed by atoms with Crippen LogP contribution in [0.15, 0.2) is 316 Å². The number of esters is 2. The number of rotatable bonds is 18. The highest BCUT2D eigenvalue weighted by Gasteiger charge is 2.32. The van der Waals surface area contributed by atoms with Gasteiger partial charge in [-0.3, -0.25) is 14.4 Å². The zero-order valence-electron chi connectivity index (χ0n) is 72.2. The fourth-order valence-electron chi connectivity index (χ4n) is 14.2. The highest BCUT2D eigenvalue weighted by Crippen LogP contribution is 2.32. The van der Waals surface area contributed by atoms with E-state index in [1.807, 2.05) is 299 Å². The van der Waals surface area contributed by atoms with Crippen LogP contribution in [0, 0.1) is 13.8 Å². The number of amides is 1. The van der Waals surface area contributed by atoms with Crippen molar-refractivity contribution >= 4 is 87.5 Å². The first-order valence-electron chi connectivity index (χ1n) is 41.5. The number of likely N-dealkylation sites (tertiary alicyclic amines) is 1. The normalized spacial score (nSPS) is 12.3. The maximum Gasteiger partial charge on any atom is 0.341 e. The van der Waals surface area contributed by atoms with Gasteiger partial charge in [0, 0.05) is 127 Å². The molecule has 1 aliphatic rings. The minimum Gasteiger partial charge on any atom is -0.469 e. The molecule has 1 fully saturated rings. The number of benzene rings is 8. The zero-order chi connectivity index (χ0) is 91.7. The van der Waals surface area contributed by atoms with E-state index in [9.17, 15) is 19.2 Å². The molecule has 0 aliphatic carbocycles. The fourth-order valence-corrected chi connectivity index (χ4v) is 14.6. The molecule has 658 valence electrons. The van der Waals surface area contributed by atoms with E-state index in [1.165, 1.54) is 30.5 Å². The standard InChI is InChI=1S/C22H19N5O.C15H15N5.C13H10N4O2.C12H9ClN4.C12H8N4O.C12H10N4.C11H14ClNO2/c28-20-13-19(16-7-3-1-4-8-16)15-26(20)14-18-11-12-23-27-21(24-25-22(18)27)17-9-5-2-6-10-17;1-19(2)11-9-13-8-10-16-20-14(17-18-15(13)20)12-6-4-3-5-7-12;1-19-13(18)10-7-8-14-17-11(15-16-12(10)17)9-5-3-2-4-6-9;1-8-7-10(13)16-17-11(8)14-15-12(17)9-5-3-2-4-6-9;17-8-10-6-7-13-16-11(14-15-12(10)16)9-4-2-1-3-5-9;1-9-7-8-13-16-11(9)14-15-12(16)10-5-3-2-4-6-10;1-15-11(14)7-10(8-13-12)9-5-3-2-4-6-9/h1-12,19H,13-15H2;3-11H,1-2H3;2-8H,1H3;2-7H,1H3;1-8H;2-8H,1H3;2-6,10,13H,7-8H2,1H3/b;11-9+;;;;;. The molecule has 12 aromatic heterocycles. The number of fused-ring (bicyclic) bond motifs is 6. The third-order valence-corrected chi connectivity index (χ3v) is 21.1. The molecule has 21 rings (SSSR count). The van der Waals surface area contributed by atoms with E-state index in [1.54, 1.807) is 65.6 Å². The number of nitrogens with zero attached hydrogens (tertiary/aromatic N) is 26. The van der Waals surface area contributed by atoms with Crippen LogP contribution in [0.4, 0.5) is 0 Å². The van der Waals surface area contributed by atoms with Gasteiger partial charge in [0.2, 0.25) is 5.91 Å². The minimum atomic E-state index is -0.459. The van der Waals surface area contributed by atoms with Gasteiger partial charge in [0.15, 0.2) is 80.3 Å². The molecule has 1 saturated heterocycles. The van der Waals surface area contributed by atoms with Crippen LogP contribution in [0.1, 0.15) is 78.8 Å². The van der Waals surface area contributed by atoms with Crippen LogP contribution in [0.25, 0.3) is 108 Å². The topological polar surface area (TPSA) is 364 Å². The maximum atomic E-state index is 12.6. The zero-order valence-corrected chi connectivity index (χ0v) is 73.7. The molecule has 13 heterocycles. The number of methoxy groups -OCH3 is 2. The van der Waals surface area contributed by atoms with Gasteiger partial charge < -0.3 is 19.3 Å². The van der Waals surface area contributed by atoms with Crippen LogP contribution < -0.4 is 4.84 Å². The number of halogens is 2. The van der Waals surface area contributed by atoms with Crippen LogP contribution in [0.5, 0.6) is 0 Å². The molecule has 0 bridgehead atoms. The highest BCUT2D eigenvalue weighted by molar-refractivity contribution is 6.29. The first kappa shape index (κ1) is 90.0. The molecule has 1 amide bonds. The molecule has 1 aliphatic heterocycles. The van der Waals surface area contributed by atoms with E-state index in [-0.39, 0.29) is 23.7 Å². The number of nitrogens with one attached hydrogen (secondary N) is 1. The number of carbonyl (C=O) groups is 4. The lowest BCUT2D eigenvalue weighted by Crippen LogP contribution is -2.24. The lowest BCUT2D eigenvalue weighted by Gasteiger charge is -2.17. The van der Waals surface area contributed by atoms with Gasteiger partial charge in [0.05, 0.1) is 26.2 Å². The molecular weight excluding hydrogens is 1710 g/mol. The fraction of sp³-hybridized carbons (Fsp3) is 0.134. The van der Waals surface area contributed by atoms with Gasteiger partial charge in [-0.2, -0.15) is 57.7 Å². The molecule has 2 unspecified atom stereocenters. The molecule has 1 N–H and O–H groups in total. The molecule has 0 saturated carbocycles. The molecule has 132 heavy (non-hydrogen) atoms. The summed E-state index contributed by atoms with van der Waals surface area (Å²) in [7, 11) is 6.68. The average molecular weight is 1800 g/mol. The average Bonchev–Trinajstić information content (AvgIpc) is 1.68. The Morgan fingerprint density at radius 3 is 1.28 bits per heavy atom. The largest absolute Gasteiger partial charge is 0.469 e. The first-order chi connectivity index (χ1) is 64.6. The van der Waals surface area contributed by atoms with Crippen molar-refractivity contribution in [1.29, 1.82) is 0 Å². The summed E-state index contributed by atoms with van der Waals surface area (Å²) >= 11 is 11.4. The summed E-state index contributed by atoms with van der Waals surface area (Å²) < 4.78 is 19.4. The highest BCUT2D eigenvalue weighted by atomic mass is 35.5. The monoisotopic (exact) mass is 1790 g/mol. The van der Waals surface area contributed by atoms with Crippen molar-refractivity contribution in [1.82, 2.24) is 134 Å². The van der Waals surface area contributed by atoms with E-state index in [0.29, 0.717) is 82.5 Å². The van der Waals surface area contributed by atoms with Crippen molar-refractivity contribution in [3.8, 4) is 68.3 Å². The quantitative estimate of drug-likeness (QED) is 0.0473. The van der Waals surface area contributed by atoms with Crippen molar-refractivity contribution in [3.05, 3.63) is 366 Å². The molecule has 33 nitrogen and oxygen atoms in total. The minimum absolute atomic E-state index is 0.0520. The summed E-state index contributed by atoms with van der Waals surface area (Å²) in [6.45, 7) is 5.71. The second-order valence-electron chi connectivity index (χ2n) is 29.8. The Morgan fingerprint density at radius 2 is 0.826 bits per heavy atom. The molecule has 0 spiro atoms. The van der Waals surface area contributed by atoms with Crippen LogP contribution in [0.2, 0.25) is 5.15 Å². The van der Waals surface area contributed by atoms with Crippen molar-refractivity contribution < 1.29 is 28.7 Å². The summed E-state index contributed by atoms with van der Waals surface area (Å²) in [5, 5.41) is 76.0. The maximum absolute atomic E-state index is 12.6. The summed E-state index contributed by atoms with van der Waals surface area (Å²) in [4.78, 5) is 52.7. The van der Waals surface area contributed by atoms with Crippen LogP contribution in [0.3, 0.4) is 0 Å². The van der Waals surface area contributed by atoms with Gasteiger partial charge in [-0.1, -0.05) is 254 Å². The van der Waals surface area contributed by atoms with Crippen molar-refractivity contribution in [2.75, 3.05) is 41.4 Å². The molecule has 20 aromatic rings. The van der Waals surface area contributed by atoms with Gasteiger partial charge in [0.1, 0.15) is 5.56 Å². The van der Waals surface area contributed by atoms with E-state index in [4.69, 9.17) is 28.1 Å². The summed E-state index contributed by atoms with van der Waals surface area (Å²) in [5.74, 6) is 3.92. The number of aldehydes is 1. The first-order valence-corrected chi connectivity index (χ1v) is 42.3. The number of carbonyl (C=O) groups excluding carboxylic acids is 4. The number of ether oxygens (including phenoxy) is 2. The van der Waals surface area contributed by atoms with Crippen LogP contribution >= 0.6 is 23.4 Å². The number of aryl methyl sites for hydroxylation is 2. The van der Waals surface area contributed by atoms with Gasteiger partial charge in [-0.25, -0.2) is 9.63 Å². The van der Waals surface area contributed by atoms with Gasteiger partial charge >= 0.3 is 11.9 Å². The molecule has 8 aromatic carbocycles. The third kappa shape index (κ3) is 21.6. The van der Waals surface area contributed by atoms with Crippen LogP contribution in [-0.2, 0) is 25.6 Å². The molecule has 2 atom stereocenters. The lowest BCUT2D eigenvalue weighted by molar-refractivity contribution is -0.141. The van der Waals surface area contributed by atoms with Gasteiger partial charge in [0.25, 0.3) is 0 Å². The molecule has 0 radical (unpaired) electrons. The summed E-state index contributed by atoms with van der Waals surface area (Å²) in [6.07, 6.45) is 14.0. The Bertz CT molecular complexity index is 7280. The Hall–Kier alpha value is -16.8. The van der Waals surface area contributed by atoms with E-state index in [0.717, 1.165) is 103 Å². The van der Waals surface area contributed by atoms with Crippen molar-refractivity contribution in [2.24, 2.45) is 0 Å². The third-order valence-electron chi connectivity index (χ3n) is 20.7. The summed E-state index contributed by atoms with van der Waals surface area (Å²) in [5.41, 5.74) is 16.7. The Kier molecular flexibility index (Phi) is 29.7. The van der Waals surface area contributed by atoms with Gasteiger partial charge in [-0.05, 0) is 96.6 Å². The predicted octanol–water partition coefficient (Wildman–Crippen LogP) is 15.7. The van der Waals surface area contributed by atoms with E-state index in [2.05, 4.69) is 113 Å². The second kappa shape index (κ2) is 43.6. The molecule has 35 heteroatoms. The van der Waals surface area contributed by atoms with Crippen LogP contribution in [-0.4, -0.2) is 194 Å². The predicted molar refractivity (Wildman–Crippen MR) is 500 cm³/mol. The number of hydrogen-bond donors (Lipinski definition) is 1. The second-order valence-corrected chi connectivity index (χ2v) is 30.4. The lowest BCUT2D eigenvalue weighted by atomic mass is 9.96. The Morgan fingerprint density at radius 1 is 0.447 bits per heavy atom. The Balaban J connectivity index is 0.000000119. The number of hydrogen-bond acceptors (Lipinski definition) is 26. The Labute approximate surface area is 765 Å². The van der Waals surface area contributed by atoms with Crippen molar-refractivity contribution in [3.63, 3.8) is 0 Å².